The van der Waals surface area contributed by atoms with Crippen LogP contribution in [-0.2, 0) is 6.42 Å². The van der Waals surface area contributed by atoms with Gasteiger partial charge in [0.05, 0.1) is 12.5 Å². The summed E-state index contributed by atoms with van der Waals surface area (Å²) < 4.78 is 17.9. The Morgan fingerprint density at radius 1 is 1.44 bits per heavy atom. The van der Waals surface area contributed by atoms with E-state index < -0.39 is 0 Å². The van der Waals surface area contributed by atoms with E-state index in [2.05, 4.69) is 10.3 Å². The van der Waals surface area contributed by atoms with Crippen molar-refractivity contribution in [2.24, 2.45) is 0 Å². The highest BCUT2D eigenvalue weighted by molar-refractivity contribution is 5.34. The van der Waals surface area contributed by atoms with Crippen LogP contribution in [0.2, 0.25) is 0 Å². The molecule has 2 rings (SSSR count). The molecule has 0 aromatic carbocycles. The maximum absolute atomic E-state index is 12.6. The molecule has 16 heavy (non-hydrogen) atoms. The number of nitrogens with zero attached hydrogens (tertiary/aromatic N) is 1. The van der Waals surface area contributed by atoms with E-state index in [1.165, 1.54) is 12.3 Å². The molecule has 0 saturated carbocycles. The van der Waals surface area contributed by atoms with Gasteiger partial charge in [0.25, 0.3) is 0 Å². The van der Waals surface area contributed by atoms with E-state index in [1.807, 2.05) is 19.1 Å². The summed E-state index contributed by atoms with van der Waals surface area (Å²) in [6, 6.07) is 6.97. The molecule has 84 valence electrons. The van der Waals surface area contributed by atoms with Crippen molar-refractivity contribution in [3.05, 3.63) is 48.3 Å². The van der Waals surface area contributed by atoms with E-state index >= 15 is 0 Å². The first-order valence-corrected chi connectivity index (χ1v) is 5.14. The lowest BCUT2D eigenvalue weighted by atomic mass is 10.2. The van der Waals surface area contributed by atoms with Crippen LogP contribution in [0, 0.1) is 5.82 Å². The number of furan rings is 1. The van der Waals surface area contributed by atoms with Crippen LogP contribution in [0.25, 0.3) is 0 Å². The van der Waals surface area contributed by atoms with Gasteiger partial charge in [-0.05, 0) is 31.2 Å². The van der Waals surface area contributed by atoms with Crippen LogP contribution in [0.5, 0.6) is 0 Å². The van der Waals surface area contributed by atoms with Gasteiger partial charge in [0, 0.05) is 12.5 Å². The molecule has 4 heteroatoms. The predicted molar refractivity (Wildman–Crippen MR) is 59.7 cm³/mol. The number of halogens is 1. The van der Waals surface area contributed by atoms with E-state index in [-0.39, 0.29) is 11.9 Å². The molecule has 0 saturated heterocycles. The minimum Gasteiger partial charge on any atom is -0.469 e. The molecular formula is C12H13FN2O. The lowest BCUT2D eigenvalue weighted by molar-refractivity contribution is 0.497. The second-order valence-corrected chi connectivity index (χ2v) is 3.69. The summed E-state index contributed by atoms with van der Waals surface area (Å²) in [6.45, 7) is 2.02. The van der Waals surface area contributed by atoms with Crippen molar-refractivity contribution in [3.8, 4) is 0 Å². The van der Waals surface area contributed by atoms with Gasteiger partial charge in [-0.2, -0.15) is 0 Å². The third kappa shape index (κ3) is 2.82. The zero-order valence-corrected chi connectivity index (χ0v) is 8.98. The molecule has 0 fully saturated rings. The Hall–Kier alpha value is -1.84. The minimum atomic E-state index is -0.329. The highest BCUT2D eigenvalue weighted by atomic mass is 19.1. The third-order valence-electron chi connectivity index (χ3n) is 2.21. The van der Waals surface area contributed by atoms with Crippen LogP contribution in [0.1, 0.15) is 12.7 Å². The van der Waals surface area contributed by atoms with Gasteiger partial charge in [-0.1, -0.05) is 0 Å². The molecule has 0 aliphatic heterocycles. The molecule has 0 radical (unpaired) electrons. The molecule has 2 aromatic heterocycles. The highest BCUT2D eigenvalue weighted by Gasteiger charge is 2.06. The Balaban J connectivity index is 1.92. The topological polar surface area (TPSA) is 38.1 Å². The first-order chi connectivity index (χ1) is 7.74. The molecule has 2 heterocycles. The van der Waals surface area contributed by atoms with Crippen molar-refractivity contribution in [3.63, 3.8) is 0 Å². The second kappa shape index (κ2) is 4.79. The Labute approximate surface area is 93.3 Å². The fourth-order valence-corrected chi connectivity index (χ4v) is 1.50. The second-order valence-electron chi connectivity index (χ2n) is 3.69. The first-order valence-electron chi connectivity index (χ1n) is 5.14. The molecule has 0 aliphatic rings. The Morgan fingerprint density at radius 3 is 2.94 bits per heavy atom. The molecule has 0 aliphatic carbocycles. The van der Waals surface area contributed by atoms with Crippen LogP contribution in [-0.4, -0.2) is 11.0 Å². The van der Waals surface area contributed by atoms with Gasteiger partial charge >= 0.3 is 0 Å². The van der Waals surface area contributed by atoms with Gasteiger partial charge in [-0.25, -0.2) is 9.37 Å². The van der Waals surface area contributed by atoms with Crippen molar-refractivity contribution in [1.29, 1.82) is 0 Å². The standard InChI is InChI=1S/C12H13FN2O/c1-9(7-11-3-2-6-16-11)15-12-5-4-10(13)8-14-12/h2-6,8-9H,7H2,1H3,(H,14,15). The summed E-state index contributed by atoms with van der Waals surface area (Å²) in [5.41, 5.74) is 0. The summed E-state index contributed by atoms with van der Waals surface area (Å²) in [5, 5.41) is 3.17. The number of hydrogen-bond donors (Lipinski definition) is 1. The quantitative estimate of drug-likeness (QED) is 0.861. The van der Waals surface area contributed by atoms with Crippen LogP contribution >= 0.6 is 0 Å². The summed E-state index contributed by atoms with van der Waals surface area (Å²) in [4.78, 5) is 3.93. The maximum Gasteiger partial charge on any atom is 0.141 e. The Bertz CT molecular complexity index is 425. The molecule has 1 unspecified atom stereocenters. The van der Waals surface area contributed by atoms with E-state index in [0.29, 0.717) is 5.82 Å². The monoisotopic (exact) mass is 220 g/mol. The van der Waals surface area contributed by atoms with E-state index in [0.717, 1.165) is 12.2 Å². The molecule has 0 bridgehead atoms. The first kappa shape index (κ1) is 10.7. The van der Waals surface area contributed by atoms with Crippen molar-refractivity contribution in [2.45, 2.75) is 19.4 Å². The summed E-state index contributed by atoms with van der Waals surface area (Å²) >= 11 is 0. The number of anilines is 1. The van der Waals surface area contributed by atoms with Gasteiger partial charge in [0.15, 0.2) is 0 Å². The zero-order chi connectivity index (χ0) is 11.4. The summed E-state index contributed by atoms with van der Waals surface area (Å²) in [5.74, 6) is 1.26. The van der Waals surface area contributed by atoms with Crippen molar-refractivity contribution >= 4 is 5.82 Å². The number of pyridine rings is 1. The summed E-state index contributed by atoms with van der Waals surface area (Å²) in [6.07, 6.45) is 3.62. The van der Waals surface area contributed by atoms with Crippen molar-refractivity contribution < 1.29 is 8.81 Å². The van der Waals surface area contributed by atoms with Gasteiger partial charge in [-0.15, -0.1) is 0 Å². The molecule has 0 amide bonds. The SMILES string of the molecule is CC(Cc1ccco1)Nc1ccc(F)cn1. The molecule has 0 spiro atoms. The van der Waals surface area contributed by atoms with Gasteiger partial charge in [-0.3, -0.25) is 0 Å². The lowest BCUT2D eigenvalue weighted by Crippen LogP contribution is -2.18. The fraction of sp³-hybridized carbons (Fsp3) is 0.250. The third-order valence-corrected chi connectivity index (χ3v) is 2.21. The number of aromatic nitrogens is 1. The smallest absolute Gasteiger partial charge is 0.141 e. The van der Waals surface area contributed by atoms with Crippen molar-refractivity contribution in [2.75, 3.05) is 5.32 Å². The van der Waals surface area contributed by atoms with Crippen LogP contribution in [0.4, 0.5) is 10.2 Å². The lowest BCUT2D eigenvalue weighted by Gasteiger charge is -2.12. The van der Waals surface area contributed by atoms with Crippen LogP contribution in [0.3, 0.4) is 0 Å². The van der Waals surface area contributed by atoms with Crippen molar-refractivity contribution in [1.82, 2.24) is 4.98 Å². The van der Waals surface area contributed by atoms with E-state index in [4.69, 9.17) is 4.42 Å². The number of nitrogens with one attached hydrogen (secondary N) is 1. The Morgan fingerprint density at radius 2 is 2.31 bits per heavy atom. The average molecular weight is 220 g/mol. The van der Waals surface area contributed by atoms with Crippen LogP contribution in [0.15, 0.2) is 41.1 Å². The molecular weight excluding hydrogens is 207 g/mol. The van der Waals surface area contributed by atoms with E-state index in [1.54, 1.807) is 12.3 Å². The normalized spacial score (nSPS) is 12.4. The molecule has 1 atom stereocenters. The zero-order valence-electron chi connectivity index (χ0n) is 8.98. The predicted octanol–water partition coefficient (Wildman–Crippen LogP) is 2.86. The number of rotatable bonds is 4. The fourth-order valence-electron chi connectivity index (χ4n) is 1.50. The highest BCUT2D eigenvalue weighted by Crippen LogP contribution is 2.09. The molecule has 1 N–H and O–H groups in total. The number of hydrogen-bond acceptors (Lipinski definition) is 3. The molecule has 3 nitrogen and oxygen atoms in total. The van der Waals surface area contributed by atoms with Gasteiger partial charge < -0.3 is 9.73 Å². The van der Waals surface area contributed by atoms with Gasteiger partial charge in [0.1, 0.15) is 17.4 Å². The van der Waals surface area contributed by atoms with E-state index in [9.17, 15) is 4.39 Å². The largest absolute Gasteiger partial charge is 0.469 e. The average Bonchev–Trinajstić information content (AvgIpc) is 2.74. The summed E-state index contributed by atoms with van der Waals surface area (Å²) in [7, 11) is 0. The van der Waals surface area contributed by atoms with Crippen LogP contribution < -0.4 is 5.32 Å². The maximum atomic E-state index is 12.6. The Kier molecular flexibility index (Phi) is 3.19. The molecule has 2 aromatic rings. The minimum absolute atomic E-state index is 0.184. The van der Waals surface area contributed by atoms with Gasteiger partial charge in [0.2, 0.25) is 0 Å².